The first kappa shape index (κ1) is 11.1. The molecule has 0 unspecified atom stereocenters. The standard InChI is InChI=1S/C11H18NO2/c13-9-3-6-11-5-1-2-7-12(11)8-4-10-14/h1-2,5,7,13-14H,3-4,6,8-10H2/q+1. The third-order valence-electron chi connectivity index (χ3n) is 2.18. The smallest absolute Gasteiger partial charge is 0.181 e. The van der Waals surface area contributed by atoms with Gasteiger partial charge in [-0.2, -0.15) is 0 Å². The Balaban J connectivity index is 2.60. The van der Waals surface area contributed by atoms with Crippen LogP contribution in [0.25, 0.3) is 0 Å². The summed E-state index contributed by atoms with van der Waals surface area (Å²) in [7, 11) is 0. The molecule has 0 saturated carbocycles. The minimum atomic E-state index is 0.224. The molecule has 1 aromatic heterocycles. The molecular formula is C11H18NO2+. The van der Waals surface area contributed by atoms with Crippen molar-refractivity contribution in [2.45, 2.75) is 25.8 Å². The molecule has 0 spiro atoms. The molecule has 1 rings (SSSR count). The van der Waals surface area contributed by atoms with E-state index in [2.05, 4.69) is 10.6 Å². The van der Waals surface area contributed by atoms with E-state index in [1.807, 2.05) is 18.3 Å². The van der Waals surface area contributed by atoms with E-state index in [1.54, 1.807) is 0 Å². The molecular weight excluding hydrogens is 178 g/mol. The Morgan fingerprint density at radius 2 is 1.86 bits per heavy atom. The van der Waals surface area contributed by atoms with Crippen molar-refractivity contribution >= 4 is 0 Å². The topological polar surface area (TPSA) is 44.3 Å². The van der Waals surface area contributed by atoms with Crippen LogP contribution in [0.3, 0.4) is 0 Å². The second kappa shape index (κ2) is 6.51. The Morgan fingerprint density at radius 1 is 1.07 bits per heavy atom. The van der Waals surface area contributed by atoms with Crippen LogP contribution in [0, 0.1) is 0 Å². The first-order valence-corrected chi connectivity index (χ1v) is 5.07. The van der Waals surface area contributed by atoms with Gasteiger partial charge in [-0.15, -0.1) is 0 Å². The highest BCUT2D eigenvalue weighted by molar-refractivity contribution is 4.97. The lowest BCUT2D eigenvalue weighted by atomic mass is 10.2. The summed E-state index contributed by atoms with van der Waals surface area (Å²) >= 11 is 0. The van der Waals surface area contributed by atoms with Gasteiger partial charge in [0, 0.05) is 38.2 Å². The van der Waals surface area contributed by atoms with Gasteiger partial charge >= 0.3 is 0 Å². The summed E-state index contributed by atoms with van der Waals surface area (Å²) in [6.07, 6.45) is 4.48. The van der Waals surface area contributed by atoms with Crippen LogP contribution in [0.2, 0.25) is 0 Å². The number of hydrogen-bond donors (Lipinski definition) is 2. The summed E-state index contributed by atoms with van der Waals surface area (Å²) < 4.78 is 2.13. The molecule has 0 aliphatic rings. The zero-order chi connectivity index (χ0) is 10.2. The maximum absolute atomic E-state index is 8.75. The predicted octanol–water partition coefficient (Wildman–Crippen LogP) is 0.281. The second-order valence-corrected chi connectivity index (χ2v) is 3.29. The third-order valence-corrected chi connectivity index (χ3v) is 2.18. The summed E-state index contributed by atoms with van der Waals surface area (Å²) in [5, 5.41) is 17.5. The maximum atomic E-state index is 8.75. The molecule has 0 saturated heterocycles. The van der Waals surface area contributed by atoms with Crippen LogP contribution < -0.4 is 4.57 Å². The van der Waals surface area contributed by atoms with Gasteiger partial charge in [0.15, 0.2) is 18.4 Å². The van der Waals surface area contributed by atoms with E-state index in [-0.39, 0.29) is 13.2 Å². The fourth-order valence-electron chi connectivity index (χ4n) is 1.46. The number of hydrogen-bond acceptors (Lipinski definition) is 2. The molecule has 78 valence electrons. The number of aliphatic hydroxyl groups is 2. The summed E-state index contributed by atoms with van der Waals surface area (Å²) in [6.45, 7) is 1.30. The Morgan fingerprint density at radius 3 is 2.57 bits per heavy atom. The molecule has 1 heterocycles. The SMILES string of the molecule is OCCCc1cccc[n+]1CCCO. The van der Waals surface area contributed by atoms with Crippen molar-refractivity contribution in [3.63, 3.8) is 0 Å². The Hall–Kier alpha value is -0.930. The van der Waals surface area contributed by atoms with Crippen molar-refractivity contribution in [1.82, 2.24) is 0 Å². The lowest BCUT2D eigenvalue weighted by Gasteiger charge is -2.01. The molecule has 0 radical (unpaired) electrons. The van der Waals surface area contributed by atoms with E-state index in [4.69, 9.17) is 10.2 Å². The molecule has 0 amide bonds. The van der Waals surface area contributed by atoms with Gasteiger partial charge < -0.3 is 10.2 Å². The van der Waals surface area contributed by atoms with Crippen molar-refractivity contribution in [3.8, 4) is 0 Å². The van der Waals surface area contributed by atoms with Gasteiger partial charge in [-0.1, -0.05) is 6.07 Å². The van der Waals surface area contributed by atoms with E-state index in [1.165, 1.54) is 5.69 Å². The van der Waals surface area contributed by atoms with Gasteiger partial charge in [0.2, 0.25) is 0 Å². The summed E-state index contributed by atoms with van der Waals surface area (Å²) in [4.78, 5) is 0. The normalized spacial score (nSPS) is 10.4. The molecule has 14 heavy (non-hydrogen) atoms. The van der Waals surface area contributed by atoms with Gasteiger partial charge in [0.05, 0.1) is 0 Å². The van der Waals surface area contributed by atoms with Gasteiger partial charge in [-0.3, -0.25) is 0 Å². The molecule has 0 aliphatic heterocycles. The zero-order valence-corrected chi connectivity index (χ0v) is 8.39. The Bertz CT molecular complexity index is 236. The number of aliphatic hydroxyl groups excluding tert-OH is 2. The third kappa shape index (κ3) is 3.44. The summed E-state index contributed by atoms with van der Waals surface area (Å²) in [5.74, 6) is 0. The highest BCUT2D eigenvalue weighted by atomic mass is 16.3. The molecule has 1 aromatic rings. The van der Waals surface area contributed by atoms with Crippen LogP contribution >= 0.6 is 0 Å². The van der Waals surface area contributed by atoms with E-state index < -0.39 is 0 Å². The maximum Gasteiger partial charge on any atom is 0.181 e. The second-order valence-electron chi connectivity index (χ2n) is 3.29. The lowest BCUT2D eigenvalue weighted by molar-refractivity contribution is -0.704. The van der Waals surface area contributed by atoms with Crippen LogP contribution in [-0.4, -0.2) is 23.4 Å². The molecule has 0 aromatic carbocycles. The zero-order valence-electron chi connectivity index (χ0n) is 8.39. The fraction of sp³-hybridized carbons (Fsp3) is 0.545. The largest absolute Gasteiger partial charge is 0.396 e. The van der Waals surface area contributed by atoms with E-state index in [9.17, 15) is 0 Å². The number of aryl methyl sites for hydroxylation is 2. The van der Waals surface area contributed by atoms with Crippen molar-refractivity contribution in [1.29, 1.82) is 0 Å². The van der Waals surface area contributed by atoms with Crippen molar-refractivity contribution in [2.75, 3.05) is 13.2 Å². The molecule has 0 aliphatic carbocycles. The summed E-state index contributed by atoms with van der Waals surface area (Å²) in [5.41, 5.74) is 1.22. The minimum absolute atomic E-state index is 0.224. The van der Waals surface area contributed by atoms with Gasteiger partial charge in [0.1, 0.15) is 0 Å². The van der Waals surface area contributed by atoms with Crippen LogP contribution in [0.15, 0.2) is 24.4 Å². The van der Waals surface area contributed by atoms with E-state index in [0.717, 1.165) is 25.8 Å². The first-order chi connectivity index (χ1) is 6.88. The Labute approximate surface area is 84.6 Å². The Kier molecular flexibility index (Phi) is 5.19. The van der Waals surface area contributed by atoms with E-state index >= 15 is 0 Å². The highest BCUT2D eigenvalue weighted by Gasteiger charge is 2.07. The number of rotatable bonds is 6. The van der Waals surface area contributed by atoms with Crippen LogP contribution in [0.1, 0.15) is 18.5 Å². The van der Waals surface area contributed by atoms with Crippen molar-refractivity contribution < 1.29 is 14.8 Å². The molecule has 0 bridgehead atoms. The van der Waals surface area contributed by atoms with Crippen LogP contribution in [0.4, 0.5) is 0 Å². The van der Waals surface area contributed by atoms with Gasteiger partial charge in [-0.25, -0.2) is 4.57 Å². The predicted molar refractivity (Wildman–Crippen MR) is 53.7 cm³/mol. The monoisotopic (exact) mass is 196 g/mol. The molecule has 0 fully saturated rings. The van der Waals surface area contributed by atoms with Gasteiger partial charge in [-0.05, 0) is 6.42 Å². The average Bonchev–Trinajstić information content (AvgIpc) is 2.24. The molecule has 0 atom stereocenters. The molecule has 3 nitrogen and oxygen atoms in total. The van der Waals surface area contributed by atoms with Crippen molar-refractivity contribution in [2.24, 2.45) is 0 Å². The van der Waals surface area contributed by atoms with Crippen molar-refractivity contribution in [3.05, 3.63) is 30.1 Å². The number of nitrogens with zero attached hydrogens (tertiary/aromatic N) is 1. The van der Waals surface area contributed by atoms with Crippen LogP contribution in [-0.2, 0) is 13.0 Å². The average molecular weight is 196 g/mol. The van der Waals surface area contributed by atoms with E-state index in [0.29, 0.717) is 0 Å². The van der Waals surface area contributed by atoms with Gasteiger partial charge in [0.25, 0.3) is 0 Å². The molecule has 2 N–H and O–H groups in total. The fourth-order valence-corrected chi connectivity index (χ4v) is 1.46. The minimum Gasteiger partial charge on any atom is -0.396 e. The number of aromatic nitrogens is 1. The van der Waals surface area contributed by atoms with Crippen LogP contribution in [0.5, 0.6) is 0 Å². The first-order valence-electron chi connectivity index (χ1n) is 5.07. The lowest BCUT2D eigenvalue weighted by Crippen LogP contribution is -2.38. The number of pyridine rings is 1. The molecule has 3 heteroatoms. The quantitative estimate of drug-likeness (QED) is 0.642. The highest BCUT2D eigenvalue weighted by Crippen LogP contribution is 1.96. The summed E-state index contributed by atoms with van der Waals surface area (Å²) in [6, 6.07) is 6.05.